The Hall–Kier alpha value is -1.52. The van der Waals surface area contributed by atoms with Gasteiger partial charge >= 0.3 is 12.1 Å². The maximum Gasteiger partial charge on any atom is 0.417 e. The summed E-state index contributed by atoms with van der Waals surface area (Å²) in [5.74, 6) is -1.76. The van der Waals surface area contributed by atoms with Crippen molar-refractivity contribution >= 4 is 49.5 Å². The van der Waals surface area contributed by atoms with Crippen LogP contribution >= 0.6 is 34.2 Å². The molecule has 0 saturated carbocycles. The Balaban J connectivity index is 2.50. The lowest BCUT2D eigenvalue weighted by Crippen LogP contribution is -2.83. The van der Waals surface area contributed by atoms with Crippen molar-refractivity contribution in [2.24, 2.45) is 0 Å². The Labute approximate surface area is 152 Å². The number of amides is 1. The third-order valence-corrected chi connectivity index (χ3v) is 3.97. The third-order valence-electron chi connectivity index (χ3n) is 3.12. The molecule has 0 atom stereocenters. The van der Waals surface area contributed by atoms with Gasteiger partial charge in [0.05, 0.1) is 10.6 Å². The highest BCUT2D eigenvalue weighted by Gasteiger charge is 2.38. The van der Waals surface area contributed by atoms with Crippen molar-refractivity contribution in [2.75, 3.05) is 0 Å². The highest BCUT2D eigenvalue weighted by Crippen LogP contribution is 2.34. The second-order valence-electron chi connectivity index (χ2n) is 4.69. The standard InChI is InChI=1S/C15H8ClF4IN2O/c16-8-4-1-3-7(15(18,19)20)11(8)14(24)23-10-6-2-5-9(17)12(10)13(21)22/h1-6,22H,(H,23,24)/p+1. The van der Waals surface area contributed by atoms with Crippen molar-refractivity contribution in [1.29, 1.82) is 5.41 Å². The lowest BCUT2D eigenvalue weighted by Gasteiger charge is -2.12. The van der Waals surface area contributed by atoms with Crippen LogP contribution in [0.5, 0.6) is 0 Å². The fraction of sp³-hybridized carbons (Fsp3) is 0.0667. The molecule has 3 nitrogen and oxygen atoms in total. The van der Waals surface area contributed by atoms with Crippen LogP contribution in [-0.2, 0) is 6.18 Å². The molecule has 0 radical (unpaired) electrons. The summed E-state index contributed by atoms with van der Waals surface area (Å²) in [5, 5.41) is 8.06. The van der Waals surface area contributed by atoms with E-state index in [9.17, 15) is 22.4 Å². The molecular weight excluding hydrogens is 463 g/mol. The van der Waals surface area contributed by atoms with Gasteiger partial charge in [-0.3, -0.25) is 5.41 Å². The van der Waals surface area contributed by atoms with Crippen molar-refractivity contribution < 1.29 is 27.7 Å². The molecule has 2 rings (SSSR count). The summed E-state index contributed by atoms with van der Waals surface area (Å²) in [5.41, 5.74) is -2.03. The van der Waals surface area contributed by atoms with Gasteiger partial charge in [-0.05, 0) is 40.8 Å². The summed E-state index contributed by atoms with van der Waals surface area (Å²) in [6.07, 6.45) is -4.76. The van der Waals surface area contributed by atoms with Crippen LogP contribution in [0.4, 0.5) is 23.2 Å². The van der Waals surface area contributed by atoms with Crippen molar-refractivity contribution in [3.63, 3.8) is 0 Å². The number of halogens is 6. The molecule has 0 fully saturated rings. The maximum atomic E-state index is 13.8. The predicted octanol–water partition coefficient (Wildman–Crippen LogP) is 4.29. The number of quaternary nitrogens is 1. The summed E-state index contributed by atoms with van der Waals surface area (Å²) in [7, 11) is 0. The summed E-state index contributed by atoms with van der Waals surface area (Å²) in [6, 6.07) is 6.75. The number of hydrogen-bond donors (Lipinski definition) is 2. The Morgan fingerprint density at radius 2 is 1.75 bits per heavy atom. The van der Waals surface area contributed by atoms with Crippen LogP contribution < -0.4 is 5.32 Å². The van der Waals surface area contributed by atoms with Gasteiger partial charge in [0.25, 0.3) is 0 Å². The summed E-state index contributed by atoms with van der Waals surface area (Å²) in [4.78, 5) is 12.4. The van der Waals surface area contributed by atoms with Crippen LogP contribution in [0, 0.1) is 11.2 Å². The Kier molecular flexibility index (Phi) is 5.61. The number of benzene rings is 2. The smallest absolute Gasteiger partial charge is 0.293 e. The summed E-state index contributed by atoms with van der Waals surface area (Å²) in [6.45, 7) is 0. The van der Waals surface area contributed by atoms with Crippen molar-refractivity contribution in [3.05, 3.63) is 63.9 Å². The number of alkyl halides is 3. The van der Waals surface area contributed by atoms with E-state index in [0.717, 1.165) is 23.5 Å². The van der Waals surface area contributed by atoms with E-state index < -0.39 is 29.0 Å². The van der Waals surface area contributed by atoms with Gasteiger partial charge in [-0.2, -0.15) is 13.2 Å². The zero-order valence-electron chi connectivity index (χ0n) is 11.7. The van der Waals surface area contributed by atoms with E-state index >= 15 is 0 Å². The van der Waals surface area contributed by atoms with Gasteiger partial charge in [0.1, 0.15) is 26.3 Å². The van der Waals surface area contributed by atoms with Crippen LogP contribution in [0.25, 0.3) is 0 Å². The third kappa shape index (κ3) is 3.93. The zero-order valence-corrected chi connectivity index (χ0v) is 14.6. The van der Waals surface area contributed by atoms with E-state index in [1.807, 2.05) is 0 Å². The van der Waals surface area contributed by atoms with E-state index in [-0.39, 0.29) is 20.0 Å². The minimum absolute atomic E-state index is 0.00689. The Morgan fingerprint density at radius 1 is 1.12 bits per heavy atom. The second kappa shape index (κ2) is 7.16. The Morgan fingerprint density at radius 3 is 2.33 bits per heavy atom. The van der Waals surface area contributed by atoms with Crippen molar-refractivity contribution in [3.8, 4) is 0 Å². The number of hydrogen-bond acceptors (Lipinski definition) is 2. The van der Waals surface area contributed by atoms with Crippen molar-refractivity contribution in [2.45, 2.75) is 6.18 Å². The van der Waals surface area contributed by atoms with Gasteiger partial charge < -0.3 is 0 Å². The molecule has 0 spiro atoms. The average molecular weight is 472 g/mol. The number of carbonyl (C=O) groups is 1. The van der Waals surface area contributed by atoms with E-state index in [2.05, 4.69) is 0 Å². The van der Waals surface area contributed by atoms with Crippen LogP contribution in [0.2, 0.25) is 5.02 Å². The van der Waals surface area contributed by atoms with E-state index in [0.29, 0.717) is 0 Å². The number of nitrogens with two attached hydrogens (primary N) is 1. The molecule has 2 aromatic carbocycles. The molecule has 9 heteroatoms. The normalized spacial score (nSPS) is 11.4. The van der Waals surface area contributed by atoms with Crippen LogP contribution in [0.3, 0.4) is 0 Å². The van der Waals surface area contributed by atoms with Gasteiger partial charge in [0, 0.05) is 6.07 Å². The van der Waals surface area contributed by atoms with Gasteiger partial charge in [-0.15, -0.1) is 0 Å². The zero-order chi connectivity index (χ0) is 18.1. The van der Waals surface area contributed by atoms with Crippen LogP contribution in [0.15, 0.2) is 36.4 Å². The number of primary amides is 1. The van der Waals surface area contributed by atoms with E-state index in [4.69, 9.17) is 17.0 Å². The van der Waals surface area contributed by atoms with Crippen LogP contribution in [0.1, 0.15) is 21.5 Å². The first-order chi connectivity index (χ1) is 11.1. The fourth-order valence-electron chi connectivity index (χ4n) is 2.12. The van der Waals surface area contributed by atoms with Gasteiger partial charge in [-0.25, -0.2) is 14.5 Å². The highest BCUT2D eigenvalue weighted by molar-refractivity contribution is 14.1. The summed E-state index contributed by atoms with van der Waals surface area (Å²) >= 11 is 7.32. The van der Waals surface area contributed by atoms with Gasteiger partial charge in [0.2, 0.25) is 0 Å². The Bertz CT molecular complexity index is 824. The topological polar surface area (TPSA) is 57.5 Å². The van der Waals surface area contributed by atoms with E-state index in [1.54, 1.807) is 22.6 Å². The minimum atomic E-state index is -4.76. The van der Waals surface area contributed by atoms with E-state index in [1.165, 1.54) is 18.2 Å². The lowest BCUT2D eigenvalue weighted by molar-refractivity contribution is -0.464. The monoisotopic (exact) mass is 471 g/mol. The molecule has 3 N–H and O–H groups in total. The average Bonchev–Trinajstić information content (AvgIpc) is 2.45. The first-order valence-corrected chi connectivity index (χ1v) is 7.86. The van der Waals surface area contributed by atoms with Crippen molar-refractivity contribution in [1.82, 2.24) is 0 Å². The number of rotatable bonds is 3. The number of carbonyl (C=O) groups excluding carboxylic acids is 1. The maximum absolute atomic E-state index is 13.8. The molecule has 0 bridgehead atoms. The molecular formula is C15H9ClF4IN2O+. The minimum Gasteiger partial charge on any atom is -0.293 e. The molecule has 0 unspecified atom stereocenters. The second-order valence-corrected chi connectivity index (χ2v) is 6.17. The largest absolute Gasteiger partial charge is 0.417 e. The fourth-order valence-corrected chi connectivity index (χ4v) is 2.95. The molecule has 0 aliphatic carbocycles. The molecule has 0 aliphatic rings. The lowest BCUT2D eigenvalue weighted by atomic mass is 10.1. The molecule has 0 saturated heterocycles. The molecule has 24 heavy (non-hydrogen) atoms. The first kappa shape index (κ1) is 18.8. The SMILES string of the molecule is N=C(I)c1c(F)cccc1[NH2+]C(=O)c1c(Cl)cccc1C(F)(F)F. The molecule has 0 aromatic heterocycles. The van der Waals surface area contributed by atoms with Crippen LogP contribution in [-0.4, -0.2) is 9.63 Å². The molecule has 1 amide bonds. The molecule has 2 aromatic rings. The highest BCUT2D eigenvalue weighted by atomic mass is 127. The quantitative estimate of drug-likeness (QED) is 0.298. The van der Waals surface area contributed by atoms with Gasteiger partial charge in [-0.1, -0.05) is 23.7 Å². The first-order valence-electron chi connectivity index (χ1n) is 6.40. The molecule has 0 aliphatic heterocycles. The predicted molar refractivity (Wildman–Crippen MR) is 89.6 cm³/mol. The van der Waals surface area contributed by atoms with Gasteiger partial charge in [0.15, 0.2) is 0 Å². The number of nitrogens with one attached hydrogen (secondary N) is 1. The molecule has 0 heterocycles. The molecule has 126 valence electrons. The summed E-state index contributed by atoms with van der Waals surface area (Å²) < 4.78 is 52.9.